The van der Waals surface area contributed by atoms with Crippen LogP contribution < -0.4 is 21.7 Å². The van der Waals surface area contributed by atoms with Crippen molar-refractivity contribution in [2.75, 3.05) is 0 Å². The van der Waals surface area contributed by atoms with Gasteiger partial charge in [-0.1, -0.05) is 54.4 Å². The molecule has 0 heterocycles. The Morgan fingerprint density at radius 2 is 1.24 bits per heavy atom. The Morgan fingerprint density at radius 1 is 0.759 bits per heavy atom. The summed E-state index contributed by atoms with van der Waals surface area (Å²) in [5.74, 6) is -3.21. The lowest BCUT2D eigenvalue weighted by Gasteiger charge is -2.27. The van der Waals surface area contributed by atoms with Crippen molar-refractivity contribution in [3.05, 3.63) is 0 Å². The summed E-state index contributed by atoms with van der Waals surface area (Å²) in [5, 5.41) is 17.0. The second kappa shape index (κ2) is 12.4. The average molecular weight is 415 g/mol. The van der Waals surface area contributed by atoms with Gasteiger partial charge in [0.15, 0.2) is 0 Å². The highest BCUT2D eigenvalue weighted by atomic mass is 16.4. The molecule has 0 aliphatic rings. The molecule has 0 aromatic carbocycles. The van der Waals surface area contributed by atoms with Gasteiger partial charge in [-0.05, 0) is 24.7 Å². The number of hydrogen-bond acceptors (Lipinski definition) is 5. The number of carboxylic acids is 1. The Labute approximate surface area is 173 Å². The monoisotopic (exact) mass is 414 g/mol. The molecule has 168 valence electrons. The topological polar surface area (TPSA) is 151 Å². The van der Waals surface area contributed by atoms with Crippen molar-refractivity contribution < 1.29 is 24.3 Å². The Hall–Kier alpha value is -2.16. The quantitative estimate of drug-likeness (QED) is 0.316. The first-order valence-electron chi connectivity index (χ1n) is 10.3. The van der Waals surface area contributed by atoms with Crippen LogP contribution in [-0.4, -0.2) is 53.0 Å². The minimum Gasteiger partial charge on any atom is -0.480 e. The molecular formula is C20H38N4O5. The third-order valence-electron chi connectivity index (χ3n) is 5.34. The fraction of sp³-hybridized carbons (Fsp3) is 0.800. The second-order valence-corrected chi connectivity index (χ2v) is 8.08. The minimum absolute atomic E-state index is 0.0379. The van der Waals surface area contributed by atoms with Crippen molar-refractivity contribution in [3.63, 3.8) is 0 Å². The van der Waals surface area contributed by atoms with E-state index >= 15 is 0 Å². The Morgan fingerprint density at radius 3 is 1.66 bits per heavy atom. The Kier molecular flexibility index (Phi) is 11.5. The molecule has 9 heteroatoms. The normalized spacial score (nSPS) is 17.4. The van der Waals surface area contributed by atoms with E-state index in [4.69, 9.17) is 5.73 Å². The second-order valence-electron chi connectivity index (χ2n) is 8.08. The number of rotatable bonds is 12. The fourth-order valence-electron chi connectivity index (χ4n) is 2.63. The van der Waals surface area contributed by atoms with Gasteiger partial charge in [-0.15, -0.1) is 0 Å². The molecule has 3 amide bonds. The fourth-order valence-corrected chi connectivity index (χ4v) is 2.63. The van der Waals surface area contributed by atoms with Gasteiger partial charge in [0, 0.05) is 0 Å². The van der Waals surface area contributed by atoms with E-state index in [-0.39, 0.29) is 17.8 Å². The SMILES string of the molecule is CCC(C)C(N)C(=O)NC(C(=O)NC(C)C(=O)NC(C(=O)O)C(C)CC)C(C)C. The van der Waals surface area contributed by atoms with Gasteiger partial charge < -0.3 is 26.8 Å². The first-order valence-corrected chi connectivity index (χ1v) is 10.3. The lowest BCUT2D eigenvalue weighted by molar-refractivity contribution is -0.143. The smallest absolute Gasteiger partial charge is 0.326 e. The number of amides is 3. The molecule has 0 fully saturated rings. The molecule has 0 aromatic heterocycles. The van der Waals surface area contributed by atoms with Crippen LogP contribution >= 0.6 is 0 Å². The van der Waals surface area contributed by atoms with Crippen molar-refractivity contribution in [2.24, 2.45) is 23.5 Å². The zero-order valence-electron chi connectivity index (χ0n) is 18.6. The molecule has 0 saturated heterocycles. The van der Waals surface area contributed by atoms with Crippen molar-refractivity contribution in [2.45, 2.75) is 85.5 Å². The van der Waals surface area contributed by atoms with Gasteiger partial charge in [0.2, 0.25) is 17.7 Å². The molecule has 0 rings (SSSR count). The number of carboxylic acid groups (broad SMARTS) is 1. The third kappa shape index (κ3) is 8.39. The molecule has 0 bridgehead atoms. The Balaban J connectivity index is 5.07. The molecule has 29 heavy (non-hydrogen) atoms. The standard InChI is InChI=1S/C20H38N4O5/c1-8-11(5)14(21)18(26)23-15(10(3)4)19(27)22-13(7)17(25)24-16(20(28)29)12(6)9-2/h10-16H,8-9,21H2,1-7H3,(H,22,27)(H,23,26)(H,24,25)(H,28,29). The maximum Gasteiger partial charge on any atom is 0.326 e. The van der Waals surface area contributed by atoms with E-state index in [9.17, 15) is 24.3 Å². The average Bonchev–Trinajstić information content (AvgIpc) is 2.66. The summed E-state index contributed by atoms with van der Waals surface area (Å²) in [5.41, 5.74) is 5.93. The van der Waals surface area contributed by atoms with Crippen LogP contribution in [0.2, 0.25) is 0 Å². The largest absolute Gasteiger partial charge is 0.480 e. The van der Waals surface area contributed by atoms with Gasteiger partial charge in [0.05, 0.1) is 6.04 Å². The van der Waals surface area contributed by atoms with Crippen LogP contribution in [0.3, 0.4) is 0 Å². The number of carbonyl (C=O) groups is 4. The zero-order chi connectivity index (χ0) is 22.9. The predicted molar refractivity (Wildman–Crippen MR) is 111 cm³/mol. The number of aliphatic carboxylic acids is 1. The van der Waals surface area contributed by atoms with E-state index in [2.05, 4.69) is 16.0 Å². The van der Waals surface area contributed by atoms with Crippen LogP contribution in [0.5, 0.6) is 0 Å². The molecular weight excluding hydrogens is 376 g/mol. The van der Waals surface area contributed by atoms with Crippen molar-refractivity contribution >= 4 is 23.7 Å². The third-order valence-corrected chi connectivity index (χ3v) is 5.34. The van der Waals surface area contributed by atoms with Crippen LogP contribution in [0.4, 0.5) is 0 Å². The van der Waals surface area contributed by atoms with Gasteiger partial charge in [-0.2, -0.15) is 0 Å². The molecule has 0 saturated carbocycles. The van der Waals surface area contributed by atoms with Crippen molar-refractivity contribution in [1.82, 2.24) is 16.0 Å². The summed E-state index contributed by atoms with van der Waals surface area (Å²) >= 11 is 0. The summed E-state index contributed by atoms with van der Waals surface area (Å²) in [4.78, 5) is 48.7. The maximum atomic E-state index is 12.6. The lowest BCUT2D eigenvalue weighted by Crippen LogP contribution is -2.58. The van der Waals surface area contributed by atoms with E-state index in [1.807, 2.05) is 20.8 Å². The zero-order valence-corrected chi connectivity index (χ0v) is 18.6. The predicted octanol–water partition coefficient (Wildman–Crippen LogP) is 0.621. The van der Waals surface area contributed by atoms with E-state index in [0.717, 1.165) is 6.42 Å². The van der Waals surface area contributed by atoms with Crippen molar-refractivity contribution in [1.29, 1.82) is 0 Å². The highest BCUT2D eigenvalue weighted by Crippen LogP contribution is 2.10. The first-order chi connectivity index (χ1) is 13.4. The number of carbonyl (C=O) groups excluding carboxylic acids is 3. The highest BCUT2D eigenvalue weighted by molar-refractivity contribution is 5.94. The van der Waals surface area contributed by atoms with Gasteiger partial charge in [-0.3, -0.25) is 14.4 Å². The summed E-state index contributed by atoms with van der Waals surface area (Å²) in [6, 6.07) is -3.60. The summed E-state index contributed by atoms with van der Waals surface area (Å²) < 4.78 is 0. The van der Waals surface area contributed by atoms with E-state index < -0.39 is 47.9 Å². The van der Waals surface area contributed by atoms with Crippen LogP contribution in [0, 0.1) is 17.8 Å². The van der Waals surface area contributed by atoms with E-state index in [1.54, 1.807) is 20.8 Å². The van der Waals surface area contributed by atoms with Crippen LogP contribution in [-0.2, 0) is 19.2 Å². The molecule has 6 unspecified atom stereocenters. The van der Waals surface area contributed by atoms with E-state index in [0.29, 0.717) is 6.42 Å². The van der Waals surface area contributed by atoms with E-state index in [1.165, 1.54) is 6.92 Å². The Bertz CT molecular complexity index is 581. The lowest BCUT2D eigenvalue weighted by atomic mass is 9.97. The number of nitrogens with one attached hydrogen (secondary N) is 3. The molecule has 0 aliphatic heterocycles. The van der Waals surface area contributed by atoms with Gasteiger partial charge >= 0.3 is 5.97 Å². The molecule has 0 spiro atoms. The molecule has 0 aliphatic carbocycles. The summed E-state index contributed by atoms with van der Waals surface area (Å²) in [6.45, 7) is 12.4. The van der Waals surface area contributed by atoms with Crippen molar-refractivity contribution in [3.8, 4) is 0 Å². The molecule has 0 aromatic rings. The van der Waals surface area contributed by atoms with Crippen LogP contribution in [0.1, 0.15) is 61.3 Å². The molecule has 9 nitrogen and oxygen atoms in total. The molecule has 6 N–H and O–H groups in total. The number of nitrogens with two attached hydrogens (primary N) is 1. The minimum atomic E-state index is -1.13. The van der Waals surface area contributed by atoms with Gasteiger partial charge in [0.25, 0.3) is 0 Å². The highest BCUT2D eigenvalue weighted by Gasteiger charge is 2.31. The first kappa shape index (κ1) is 26.8. The molecule has 0 radical (unpaired) electrons. The van der Waals surface area contributed by atoms with Crippen LogP contribution in [0.25, 0.3) is 0 Å². The van der Waals surface area contributed by atoms with Crippen LogP contribution in [0.15, 0.2) is 0 Å². The summed E-state index contributed by atoms with van der Waals surface area (Å²) in [6.07, 6.45) is 1.31. The maximum absolute atomic E-state index is 12.6. The molecule has 6 atom stereocenters. The number of hydrogen-bond donors (Lipinski definition) is 5. The summed E-state index contributed by atoms with van der Waals surface area (Å²) in [7, 11) is 0. The van der Waals surface area contributed by atoms with Gasteiger partial charge in [0.1, 0.15) is 18.1 Å². The van der Waals surface area contributed by atoms with Gasteiger partial charge in [-0.25, -0.2) is 4.79 Å².